The van der Waals surface area contributed by atoms with Crippen molar-refractivity contribution in [2.75, 3.05) is 12.0 Å². The Hall–Kier alpha value is -2.80. The normalized spacial score (nSPS) is 15.0. The minimum absolute atomic E-state index is 0.205. The van der Waals surface area contributed by atoms with Crippen molar-refractivity contribution in [2.24, 2.45) is 0 Å². The fraction of sp³-hybridized carbons (Fsp3) is 0.222. The molecule has 1 aliphatic rings. The Morgan fingerprint density at radius 1 is 1.12 bits per heavy atom. The molecule has 1 aromatic heterocycles. The van der Waals surface area contributed by atoms with Crippen LogP contribution in [0, 0.1) is 11.6 Å². The molecule has 2 heterocycles. The van der Waals surface area contributed by atoms with E-state index in [2.05, 4.69) is 21.6 Å². The molecule has 0 spiro atoms. The summed E-state index contributed by atoms with van der Waals surface area (Å²) >= 11 is 0. The SMILES string of the molecule is Fc1ccc(C(CN2Cc3ccccc3N2)Cn2cncn2)c(F)c1. The highest BCUT2D eigenvalue weighted by Crippen LogP contribution is 2.29. The molecule has 1 atom stereocenters. The molecule has 0 saturated carbocycles. The number of hydrogen-bond acceptors (Lipinski definition) is 4. The minimum atomic E-state index is -0.576. The molecular weight excluding hydrogens is 324 g/mol. The maximum Gasteiger partial charge on any atom is 0.137 e. The van der Waals surface area contributed by atoms with Gasteiger partial charge in [-0.2, -0.15) is 5.10 Å². The lowest BCUT2D eigenvalue weighted by Gasteiger charge is -2.24. The molecule has 2 aromatic carbocycles. The van der Waals surface area contributed by atoms with Gasteiger partial charge in [0, 0.05) is 25.1 Å². The van der Waals surface area contributed by atoms with Gasteiger partial charge < -0.3 is 5.43 Å². The monoisotopic (exact) mass is 341 g/mol. The van der Waals surface area contributed by atoms with Gasteiger partial charge >= 0.3 is 0 Å². The van der Waals surface area contributed by atoms with Crippen LogP contribution in [0.25, 0.3) is 0 Å². The van der Waals surface area contributed by atoms with Crippen molar-refractivity contribution >= 4 is 5.69 Å². The van der Waals surface area contributed by atoms with Crippen molar-refractivity contribution in [1.29, 1.82) is 0 Å². The third-order valence-corrected chi connectivity index (χ3v) is 4.37. The van der Waals surface area contributed by atoms with Crippen molar-refractivity contribution in [2.45, 2.75) is 19.0 Å². The average Bonchev–Trinajstić information content (AvgIpc) is 3.23. The first kappa shape index (κ1) is 15.7. The predicted molar refractivity (Wildman–Crippen MR) is 89.6 cm³/mol. The number of nitrogens with zero attached hydrogens (tertiary/aromatic N) is 4. The van der Waals surface area contributed by atoms with Crippen LogP contribution in [0.5, 0.6) is 0 Å². The van der Waals surface area contributed by atoms with Gasteiger partial charge in [0.25, 0.3) is 0 Å². The quantitative estimate of drug-likeness (QED) is 0.774. The zero-order valence-corrected chi connectivity index (χ0v) is 13.4. The number of halogens is 2. The van der Waals surface area contributed by atoms with E-state index < -0.39 is 11.6 Å². The van der Waals surface area contributed by atoms with Crippen LogP contribution in [-0.4, -0.2) is 26.3 Å². The zero-order valence-electron chi connectivity index (χ0n) is 13.4. The summed E-state index contributed by atoms with van der Waals surface area (Å²) < 4.78 is 29.3. The van der Waals surface area contributed by atoms with Crippen LogP contribution in [-0.2, 0) is 13.1 Å². The van der Waals surface area contributed by atoms with Crippen molar-refractivity contribution in [3.8, 4) is 0 Å². The third-order valence-electron chi connectivity index (χ3n) is 4.37. The molecule has 0 saturated heterocycles. The maximum absolute atomic E-state index is 14.3. The summed E-state index contributed by atoms with van der Waals surface area (Å²) in [6.45, 7) is 1.74. The van der Waals surface area contributed by atoms with Gasteiger partial charge in [0.2, 0.25) is 0 Å². The Bertz CT molecular complexity index is 841. The number of rotatable bonds is 5. The van der Waals surface area contributed by atoms with Gasteiger partial charge in [-0.15, -0.1) is 0 Å². The number of benzene rings is 2. The first-order valence-corrected chi connectivity index (χ1v) is 8.06. The standard InChI is InChI=1S/C18H17F2N5/c19-15-5-6-16(17(20)7-15)14(10-25-12-21-11-22-25)9-24-8-13-3-1-2-4-18(13)23-24/h1-7,11-12,14,23H,8-10H2. The van der Waals surface area contributed by atoms with Gasteiger partial charge in [0.15, 0.2) is 0 Å². The highest BCUT2D eigenvalue weighted by Gasteiger charge is 2.24. The molecule has 4 rings (SSSR count). The smallest absolute Gasteiger partial charge is 0.137 e. The topological polar surface area (TPSA) is 46.0 Å². The fourth-order valence-electron chi connectivity index (χ4n) is 3.20. The summed E-state index contributed by atoms with van der Waals surface area (Å²) in [6.07, 6.45) is 3.04. The molecule has 128 valence electrons. The van der Waals surface area contributed by atoms with E-state index in [0.717, 1.165) is 18.3 Å². The highest BCUT2D eigenvalue weighted by molar-refractivity contribution is 5.53. The molecule has 25 heavy (non-hydrogen) atoms. The lowest BCUT2D eigenvalue weighted by molar-refractivity contribution is 0.296. The van der Waals surface area contributed by atoms with E-state index in [1.807, 2.05) is 23.2 Å². The van der Waals surface area contributed by atoms with Crippen molar-refractivity contribution < 1.29 is 8.78 Å². The lowest BCUT2D eigenvalue weighted by atomic mass is 9.98. The fourth-order valence-corrected chi connectivity index (χ4v) is 3.20. The van der Waals surface area contributed by atoms with E-state index in [9.17, 15) is 8.78 Å². The lowest BCUT2D eigenvalue weighted by Crippen LogP contribution is -2.31. The van der Waals surface area contributed by atoms with Crippen LogP contribution in [0.15, 0.2) is 55.1 Å². The summed E-state index contributed by atoms with van der Waals surface area (Å²) in [7, 11) is 0. The van der Waals surface area contributed by atoms with Crippen molar-refractivity contribution in [3.63, 3.8) is 0 Å². The summed E-state index contributed by atoms with van der Waals surface area (Å²) in [6, 6.07) is 11.8. The van der Waals surface area contributed by atoms with Crippen molar-refractivity contribution in [3.05, 3.63) is 77.9 Å². The van der Waals surface area contributed by atoms with Gasteiger partial charge in [-0.05, 0) is 23.3 Å². The molecule has 0 amide bonds. The molecule has 3 aromatic rings. The van der Waals surface area contributed by atoms with Crippen LogP contribution in [0.3, 0.4) is 0 Å². The largest absolute Gasteiger partial charge is 0.318 e. The van der Waals surface area contributed by atoms with E-state index in [4.69, 9.17) is 0 Å². The van der Waals surface area contributed by atoms with Gasteiger partial charge in [-0.3, -0.25) is 4.68 Å². The number of aromatic nitrogens is 3. The van der Waals surface area contributed by atoms with E-state index in [0.29, 0.717) is 18.7 Å². The van der Waals surface area contributed by atoms with Gasteiger partial charge in [-0.1, -0.05) is 24.3 Å². The highest BCUT2D eigenvalue weighted by atomic mass is 19.1. The number of hydrazine groups is 1. The number of anilines is 1. The van der Waals surface area contributed by atoms with E-state index in [-0.39, 0.29) is 5.92 Å². The van der Waals surface area contributed by atoms with Gasteiger partial charge in [0.1, 0.15) is 24.3 Å². The second-order valence-corrected chi connectivity index (χ2v) is 6.13. The van der Waals surface area contributed by atoms with Crippen LogP contribution in [0.4, 0.5) is 14.5 Å². The summed E-state index contributed by atoms with van der Waals surface area (Å²) in [5, 5.41) is 6.15. The van der Waals surface area contributed by atoms with Crippen LogP contribution in [0.1, 0.15) is 17.0 Å². The molecule has 0 fully saturated rings. The molecule has 0 radical (unpaired) electrons. The Kier molecular flexibility index (Phi) is 4.15. The second-order valence-electron chi connectivity index (χ2n) is 6.13. The van der Waals surface area contributed by atoms with Crippen molar-refractivity contribution in [1.82, 2.24) is 19.8 Å². The van der Waals surface area contributed by atoms with E-state index in [1.54, 1.807) is 11.0 Å². The van der Waals surface area contributed by atoms with Crippen LogP contribution >= 0.6 is 0 Å². The molecule has 1 N–H and O–H groups in total. The predicted octanol–water partition coefficient (Wildman–Crippen LogP) is 3.18. The average molecular weight is 341 g/mol. The number of nitrogens with one attached hydrogen (secondary N) is 1. The first-order valence-electron chi connectivity index (χ1n) is 8.06. The summed E-state index contributed by atoms with van der Waals surface area (Å²) in [4.78, 5) is 3.94. The van der Waals surface area contributed by atoms with Crippen LogP contribution < -0.4 is 5.43 Å². The number of hydrogen-bond donors (Lipinski definition) is 1. The Labute approximate surface area is 143 Å². The number of para-hydroxylation sites is 1. The Morgan fingerprint density at radius 3 is 2.76 bits per heavy atom. The van der Waals surface area contributed by atoms with Crippen LogP contribution in [0.2, 0.25) is 0 Å². The Balaban J connectivity index is 1.58. The molecule has 7 heteroatoms. The van der Waals surface area contributed by atoms with E-state index in [1.165, 1.54) is 24.0 Å². The molecule has 1 aliphatic heterocycles. The molecule has 1 unspecified atom stereocenters. The minimum Gasteiger partial charge on any atom is -0.318 e. The third kappa shape index (κ3) is 3.36. The van der Waals surface area contributed by atoms with Gasteiger partial charge in [-0.25, -0.2) is 18.8 Å². The Morgan fingerprint density at radius 2 is 2.00 bits per heavy atom. The zero-order chi connectivity index (χ0) is 17.2. The summed E-state index contributed by atoms with van der Waals surface area (Å²) in [5.74, 6) is -1.32. The molecule has 0 aliphatic carbocycles. The molecule has 5 nitrogen and oxygen atoms in total. The first-order chi connectivity index (χ1) is 12.2. The van der Waals surface area contributed by atoms with Gasteiger partial charge in [0.05, 0.1) is 12.2 Å². The number of fused-ring (bicyclic) bond motifs is 1. The molecular formula is C18H17F2N5. The second kappa shape index (κ2) is 6.60. The maximum atomic E-state index is 14.3. The summed E-state index contributed by atoms with van der Waals surface area (Å²) in [5.41, 5.74) is 6.06. The molecule has 0 bridgehead atoms. The van der Waals surface area contributed by atoms with E-state index >= 15 is 0 Å².